The summed E-state index contributed by atoms with van der Waals surface area (Å²) in [7, 11) is 0. The van der Waals surface area contributed by atoms with Gasteiger partial charge in [-0.3, -0.25) is 4.79 Å². The molecule has 8 heavy (non-hydrogen) atoms. The molecule has 0 radical (unpaired) electrons. The minimum Gasteiger partial charge on any atom is -0.293 e. The molecule has 0 saturated heterocycles. The summed E-state index contributed by atoms with van der Waals surface area (Å²) >= 11 is 4.61. The van der Waals surface area contributed by atoms with Crippen molar-refractivity contribution in [2.75, 3.05) is 0 Å². The molecule has 0 heterocycles. The number of carbonyl (C=O) groups excluding carboxylic acids is 1. The van der Waals surface area contributed by atoms with Crippen molar-refractivity contribution in [3.05, 3.63) is 12.7 Å². The Labute approximate surface area is 54.4 Å². The van der Waals surface area contributed by atoms with Crippen molar-refractivity contribution < 1.29 is 4.79 Å². The molecule has 44 valence electrons. The average molecular weight is 128 g/mol. The maximum absolute atomic E-state index is 10.5. The predicted molar refractivity (Wildman–Crippen MR) is 38.1 cm³/mol. The minimum atomic E-state index is -0.00463. The largest absolute Gasteiger partial charge is 0.293 e. The average Bonchev–Trinajstić information content (AvgIpc) is 1.84. The van der Waals surface area contributed by atoms with Crippen LogP contribution in [0.25, 0.3) is 0 Å². The normalized spacial score (nSPS) is 8.12. The van der Waals surface area contributed by atoms with Crippen molar-refractivity contribution in [1.29, 1.82) is 0 Å². The Bertz CT molecular complexity index is 126. The molecule has 0 rings (SSSR count). The fourth-order valence-electron chi connectivity index (χ4n) is 0.288. The van der Waals surface area contributed by atoms with E-state index in [9.17, 15) is 4.79 Å². The van der Waals surface area contributed by atoms with Crippen molar-refractivity contribution in [3.63, 3.8) is 0 Å². The number of allylic oxidation sites excluding steroid dienone is 1. The van der Waals surface area contributed by atoms with E-state index in [0.29, 0.717) is 11.3 Å². The monoisotopic (exact) mass is 128 g/mol. The summed E-state index contributed by atoms with van der Waals surface area (Å²) < 4.78 is 0. The highest BCUT2D eigenvalue weighted by molar-refractivity contribution is 7.82. The van der Waals surface area contributed by atoms with Gasteiger partial charge in [0, 0.05) is 6.42 Å². The van der Waals surface area contributed by atoms with Crippen LogP contribution in [0.1, 0.15) is 13.3 Å². The number of Topliss-reactive ketones (excluding diaryl/α,β-unsaturated/α-hetero) is 1. The van der Waals surface area contributed by atoms with Crippen LogP contribution in [0.3, 0.4) is 0 Å². The van der Waals surface area contributed by atoms with E-state index in [2.05, 4.69) is 18.8 Å². The number of carbonyl (C=O) groups is 1. The lowest BCUT2D eigenvalue weighted by molar-refractivity contribution is -0.112. The van der Waals surface area contributed by atoms with Crippen LogP contribution in [0.15, 0.2) is 12.7 Å². The summed E-state index contributed by atoms with van der Waals surface area (Å²) in [6, 6.07) is 0. The molecular formula is C6H8OS. The zero-order valence-corrected chi connectivity index (χ0v) is 5.62. The van der Waals surface area contributed by atoms with Crippen LogP contribution < -0.4 is 0 Å². The molecule has 0 aromatic rings. The van der Waals surface area contributed by atoms with Gasteiger partial charge in [-0.05, 0) is 6.08 Å². The molecule has 0 unspecified atom stereocenters. The highest BCUT2D eigenvalue weighted by atomic mass is 32.1. The lowest BCUT2D eigenvalue weighted by Crippen LogP contribution is -2.05. The van der Waals surface area contributed by atoms with Gasteiger partial charge in [0.05, 0.1) is 4.86 Å². The third-order valence-corrected chi connectivity index (χ3v) is 1.18. The second-order valence-corrected chi connectivity index (χ2v) is 1.78. The van der Waals surface area contributed by atoms with Crippen LogP contribution in [0.2, 0.25) is 0 Å². The smallest absolute Gasteiger partial charge is 0.173 e. The number of hydrogen-bond donors (Lipinski definition) is 0. The zero-order chi connectivity index (χ0) is 6.57. The van der Waals surface area contributed by atoms with Crippen LogP contribution in [0.4, 0.5) is 0 Å². The van der Waals surface area contributed by atoms with Gasteiger partial charge in [0.1, 0.15) is 0 Å². The van der Waals surface area contributed by atoms with Crippen molar-refractivity contribution in [3.8, 4) is 0 Å². The highest BCUT2D eigenvalue weighted by Crippen LogP contribution is 1.86. The molecule has 1 nitrogen and oxygen atoms in total. The van der Waals surface area contributed by atoms with E-state index in [4.69, 9.17) is 0 Å². The molecule has 0 N–H and O–H groups in total. The Hall–Kier alpha value is -0.500. The van der Waals surface area contributed by atoms with E-state index in [1.54, 1.807) is 6.92 Å². The first kappa shape index (κ1) is 7.50. The molecule has 0 aromatic carbocycles. The van der Waals surface area contributed by atoms with Crippen LogP contribution >= 0.6 is 12.2 Å². The Balaban J connectivity index is 3.82. The lowest BCUT2D eigenvalue weighted by atomic mass is 10.2. The van der Waals surface area contributed by atoms with Gasteiger partial charge in [0.15, 0.2) is 5.78 Å². The standard InChI is InChI=1S/C6H8OS/c1-3-5(7)6(8)4-2/h4H,2-3H2,1H3. The minimum absolute atomic E-state index is 0.00463. The van der Waals surface area contributed by atoms with E-state index in [0.717, 1.165) is 0 Å². The zero-order valence-electron chi connectivity index (χ0n) is 4.81. The molecule has 0 spiro atoms. The van der Waals surface area contributed by atoms with E-state index in [1.165, 1.54) is 6.08 Å². The molecule has 0 amide bonds. The number of ketones is 1. The fourth-order valence-corrected chi connectivity index (χ4v) is 0.432. The Kier molecular flexibility index (Phi) is 3.28. The van der Waals surface area contributed by atoms with Gasteiger partial charge in [0.2, 0.25) is 0 Å². The maximum atomic E-state index is 10.5. The Morgan fingerprint density at radius 3 is 2.50 bits per heavy atom. The third kappa shape index (κ3) is 1.98. The first-order valence-electron chi connectivity index (χ1n) is 2.42. The lowest BCUT2D eigenvalue weighted by Gasteiger charge is -1.87. The molecule has 0 atom stereocenters. The van der Waals surface area contributed by atoms with Gasteiger partial charge in [0.25, 0.3) is 0 Å². The predicted octanol–water partition coefficient (Wildman–Crippen LogP) is 1.52. The molecule has 0 saturated carbocycles. The van der Waals surface area contributed by atoms with Gasteiger partial charge in [-0.15, -0.1) is 0 Å². The number of hydrogen-bond acceptors (Lipinski definition) is 2. The maximum Gasteiger partial charge on any atom is 0.173 e. The van der Waals surface area contributed by atoms with Gasteiger partial charge >= 0.3 is 0 Å². The molecule has 0 fully saturated rings. The molecule has 0 aliphatic rings. The first-order valence-corrected chi connectivity index (χ1v) is 2.82. The summed E-state index contributed by atoms with van der Waals surface area (Å²) in [5.74, 6) is -0.00463. The number of thiocarbonyl (C=S) groups is 1. The summed E-state index contributed by atoms with van der Waals surface area (Å²) in [6.07, 6.45) is 1.88. The molecule has 0 aliphatic heterocycles. The van der Waals surface area contributed by atoms with Crippen LogP contribution in [0, 0.1) is 0 Å². The quantitative estimate of drug-likeness (QED) is 0.423. The Morgan fingerprint density at radius 2 is 2.38 bits per heavy atom. The van der Waals surface area contributed by atoms with E-state index < -0.39 is 0 Å². The molecule has 0 aromatic heterocycles. The van der Waals surface area contributed by atoms with Gasteiger partial charge in [-0.1, -0.05) is 25.7 Å². The summed E-state index contributed by atoms with van der Waals surface area (Å²) in [4.78, 5) is 10.9. The SMILES string of the molecule is C=CC(=S)C(=O)CC. The highest BCUT2D eigenvalue weighted by Gasteiger charge is 1.98. The van der Waals surface area contributed by atoms with Crippen LogP contribution in [0.5, 0.6) is 0 Å². The second kappa shape index (κ2) is 3.50. The van der Waals surface area contributed by atoms with Crippen molar-refractivity contribution in [2.24, 2.45) is 0 Å². The fraction of sp³-hybridized carbons (Fsp3) is 0.333. The topological polar surface area (TPSA) is 17.1 Å². The summed E-state index contributed by atoms with van der Waals surface area (Å²) in [5, 5.41) is 0. The first-order chi connectivity index (χ1) is 3.72. The molecular weight excluding hydrogens is 120 g/mol. The van der Waals surface area contributed by atoms with Crippen LogP contribution in [-0.2, 0) is 4.79 Å². The van der Waals surface area contributed by atoms with Crippen molar-refractivity contribution in [2.45, 2.75) is 13.3 Å². The van der Waals surface area contributed by atoms with Gasteiger partial charge in [-0.2, -0.15) is 0 Å². The molecule has 2 heteroatoms. The summed E-state index contributed by atoms with van der Waals surface area (Å²) in [6.45, 7) is 5.14. The third-order valence-electron chi connectivity index (χ3n) is 0.781. The van der Waals surface area contributed by atoms with Crippen molar-refractivity contribution in [1.82, 2.24) is 0 Å². The van der Waals surface area contributed by atoms with Gasteiger partial charge < -0.3 is 0 Å². The van der Waals surface area contributed by atoms with Crippen molar-refractivity contribution >= 4 is 22.9 Å². The number of rotatable bonds is 3. The molecule has 0 aliphatic carbocycles. The molecule has 0 bridgehead atoms. The Morgan fingerprint density at radius 1 is 1.88 bits per heavy atom. The van der Waals surface area contributed by atoms with Gasteiger partial charge in [-0.25, -0.2) is 0 Å². The summed E-state index contributed by atoms with van der Waals surface area (Å²) in [5.41, 5.74) is 0. The van der Waals surface area contributed by atoms with Crippen LogP contribution in [-0.4, -0.2) is 10.6 Å². The van der Waals surface area contributed by atoms with E-state index >= 15 is 0 Å². The second-order valence-electron chi connectivity index (χ2n) is 1.35. The van der Waals surface area contributed by atoms with E-state index in [1.807, 2.05) is 0 Å². The van der Waals surface area contributed by atoms with E-state index in [-0.39, 0.29) is 5.78 Å².